The van der Waals surface area contributed by atoms with E-state index in [0.29, 0.717) is 24.2 Å². The Morgan fingerprint density at radius 1 is 1.16 bits per heavy atom. The molecule has 0 saturated heterocycles. The summed E-state index contributed by atoms with van der Waals surface area (Å²) in [4.78, 5) is 18.4. The molecule has 164 valence electrons. The Morgan fingerprint density at radius 2 is 1.94 bits per heavy atom. The number of carbonyl (C=O) groups is 1. The van der Waals surface area contributed by atoms with Gasteiger partial charge < -0.3 is 19.2 Å². The van der Waals surface area contributed by atoms with E-state index >= 15 is 0 Å². The van der Waals surface area contributed by atoms with Crippen molar-refractivity contribution in [3.8, 4) is 5.75 Å². The second kappa shape index (κ2) is 9.00. The molecule has 6 heteroatoms. The van der Waals surface area contributed by atoms with Gasteiger partial charge in [-0.05, 0) is 62.4 Å². The molecule has 6 nitrogen and oxygen atoms in total. The van der Waals surface area contributed by atoms with E-state index in [0.717, 1.165) is 23.2 Å². The van der Waals surface area contributed by atoms with Crippen molar-refractivity contribution in [2.24, 2.45) is 5.92 Å². The third-order valence-corrected chi connectivity index (χ3v) is 5.92. The number of aromatic nitrogens is 1. The predicted octanol–water partition coefficient (Wildman–Crippen LogP) is 5.66. The number of fused-ring (bicyclic) bond motifs is 1. The Hall–Kier alpha value is -3.02. The van der Waals surface area contributed by atoms with E-state index in [-0.39, 0.29) is 0 Å². The molecule has 1 aliphatic carbocycles. The molecule has 31 heavy (non-hydrogen) atoms. The molecule has 0 unspecified atom stereocenters. The summed E-state index contributed by atoms with van der Waals surface area (Å²) in [6, 6.07) is 16.1. The summed E-state index contributed by atoms with van der Waals surface area (Å²) in [5.74, 6) is 0.164. The lowest BCUT2D eigenvalue weighted by atomic mass is 9.89. The van der Waals surface area contributed by atoms with Crippen molar-refractivity contribution in [3.63, 3.8) is 0 Å². The first-order chi connectivity index (χ1) is 14.9. The standard InChI is InChI=1S/C25H30N2O4/c1-25(2,23(28)29)31-20-12-8-11-19(15-20)17-27(16-18-9-4-3-5-10-18)24-26-21-13-6-7-14-22(21)30-24/h6-8,11-15,18H,3-5,9-10,16-17H2,1-2H3,(H,28,29). The van der Waals surface area contributed by atoms with Gasteiger partial charge in [0.05, 0.1) is 0 Å². The number of rotatable bonds is 8. The Bertz CT molecular complexity index is 1000. The van der Waals surface area contributed by atoms with Crippen LogP contribution in [0, 0.1) is 5.92 Å². The third-order valence-electron chi connectivity index (χ3n) is 5.92. The highest BCUT2D eigenvalue weighted by atomic mass is 16.5. The summed E-state index contributed by atoms with van der Waals surface area (Å²) in [5.41, 5.74) is 1.37. The van der Waals surface area contributed by atoms with Gasteiger partial charge in [-0.3, -0.25) is 0 Å². The minimum absolute atomic E-state index is 0.542. The van der Waals surface area contributed by atoms with Crippen LogP contribution in [-0.4, -0.2) is 28.2 Å². The van der Waals surface area contributed by atoms with Gasteiger partial charge in [0.2, 0.25) is 0 Å². The second-order valence-corrected chi connectivity index (χ2v) is 8.91. The quantitative estimate of drug-likeness (QED) is 0.505. The normalized spacial score (nSPS) is 15.2. The molecule has 1 N–H and O–H groups in total. The van der Waals surface area contributed by atoms with Crippen LogP contribution in [0.1, 0.15) is 51.5 Å². The van der Waals surface area contributed by atoms with E-state index < -0.39 is 11.6 Å². The van der Waals surface area contributed by atoms with Crippen molar-refractivity contribution in [3.05, 3.63) is 54.1 Å². The maximum atomic E-state index is 11.4. The second-order valence-electron chi connectivity index (χ2n) is 8.91. The number of nitrogens with zero attached hydrogens (tertiary/aromatic N) is 2. The van der Waals surface area contributed by atoms with Crippen LogP contribution in [0.15, 0.2) is 52.9 Å². The van der Waals surface area contributed by atoms with Crippen LogP contribution >= 0.6 is 0 Å². The van der Waals surface area contributed by atoms with Gasteiger partial charge in [0, 0.05) is 13.1 Å². The Morgan fingerprint density at radius 3 is 2.68 bits per heavy atom. The summed E-state index contributed by atoms with van der Waals surface area (Å²) in [6.45, 7) is 4.61. The van der Waals surface area contributed by atoms with E-state index in [2.05, 4.69) is 4.90 Å². The zero-order chi connectivity index (χ0) is 21.8. The molecular weight excluding hydrogens is 392 g/mol. The van der Waals surface area contributed by atoms with Crippen molar-refractivity contribution in [2.75, 3.05) is 11.4 Å². The van der Waals surface area contributed by atoms with Crippen molar-refractivity contribution in [2.45, 2.75) is 58.1 Å². The number of benzene rings is 2. The topological polar surface area (TPSA) is 75.8 Å². The third kappa shape index (κ3) is 5.19. The molecule has 1 fully saturated rings. The SMILES string of the molecule is CC(C)(Oc1cccc(CN(CC2CCCCC2)c2nc3ccccc3o2)c1)C(=O)O. The number of carboxylic acid groups (broad SMARTS) is 1. The van der Waals surface area contributed by atoms with E-state index in [1.807, 2.05) is 42.5 Å². The number of aliphatic carboxylic acids is 1. The van der Waals surface area contributed by atoms with Gasteiger partial charge in [-0.2, -0.15) is 4.98 Å². The van der Waals surface area contributed by atoms with Gasteiger partial charge in [0.15, 0.2) is 11.2 Å². The number of carboxylic acids is 1. The van der Waals surface area contributed by atoms with Crippen LogP contribution in [0.4, 0.5) is 6.01 Å². The zero-order valence-electron chi connectivity index (χ0n) is 18.2. The van der Waals surface area contributed by atoms with E-state index in [1.165, 1.54) is 32.1 Å². The summed E-state index contributed by atoms with van der Waals surface area (Å²) in [6.07, 6.45) is 6.33. The van der Waals surface area contributed by atoms with E-state index in [1.54, 1.807) is 19.9 Å². The number of ether oxygens (including phenoxy) is 1. The lowest BCUT2D eigenvalue weighted by Gasteiger charge is -2.29. The lowest BCUT2D eigenvalue weighted by molar-refractivity contribution is -0.152. The molecule has 1 saturated carbocycles. The molecule has 0 radical (unpaired) electrons. The molecule has 0 amide bonds. The van der Waals surface area contributed by atoms with E-state index in [9.17, 15) is 9.90 Å². The first-order valence-electron chi connectivity index (χ1n) is 11.0. The number of hydrogen-bond donors (Lipinski definition) is 1. The number of para-hydroxylation sites is 2. The molecule has 1 aromatic heterocycles. The van der Waals surface area contributed by atoms with Crippen LogP contribution in [0.2, 0.25) is 0 Å². The largest absolute Gasteiger partial charge is 0.478 e. The van der Waals surface area contributed by atoms with Gasteiger partial charge in [0.1, 0.15) is 11.3 Å². The molecule has 1 aliphatic rings. The maximum absolute atomic E-state index is 11.4. The molecule has 0 bridgehead atoms. The van der Waals surface area contributed by atoms with Gasteiger partial charge in [-0.15, -0.1) is 0 Å². The predicted molar refractivity (Wildman–Crippen MR) is 120 cm³/mol. The fourth-order valence-electron chi connectivity index (χ4n) is 4.15. The monoisotopic (exact) mass is 422 g/mol. The molecular formula is C25H30N2O4. The molecule has 3 aromatic rings. The van der Waals surface area contributed by atoms with Crippen LogP contribution in [0.3, 0.4) is 0 Å². The highest BCUT2D eigenvalue weighted by Gasteiger charge is 2.29. The number of anilines is 1. The molecule has 1 heterocycles. The molecule has 0 atom stereocenters. The molecule has 0 aliphatic heterocycles. The van der Waals surface area contributed by atoms with Crippen molar-refractivity contribution >= 4 is 23.1 Å². The smallest absolute Gasteiger partial charge is 0.347 e. The van der Waals surface area contributed by atoms with Gasteiger partial charge in [-0.25, -0.2) is 4.79 Å². The van der Waals surface area contributed by atoms with Crippen LogP contribution in [-0.2, 0) is 11.3 Å². The first kappa shape index (κ1) is 21.2. The zero-order valence-corrected chi connectivity index (χ0v) is 18.2. The van der Waals surface area contributed by atoms with Gasteiger partial charge in [-0.1, -0.05) is 43.5 Å². The molecule has 4 rings (SSSR count). The summed E-state index contributed by atoms with van der Waals surface area (Å²) in [7, 11) is 0. The number of hydrogen-bond acceptors (Lipinski definition) is 5. The highest BCUT2D eigenvalue weighted by Crippen LogP contribution is 2.30. The van der Waals surface area contributed by atoms with Crippen LogP contribution in [0.25, 0.3) is 11.1 Å². The van der Waals surface area contributed by atoms with Crippen molar-refractivity contribution < 1.29 is 19.1 Å². The minimum Gasteiger partial charge on any atom is -0.478 e. The van der Waals surface area contributed by atoms with Gasteiger partial charge in [0.25, 0.3) is 6.01 Å². The summed E-state index contributed by atoms with van der Waals surface area (Å²) in [5, 5.41) is 9.36. The molecule has 0 spiro atoms. The average Bonchev–Trinajstić information content (AvgIpc) is 3.18. The summed E-state index contributed by atoms with van der Waals surface area (Å²) < 4.78 is 11.8. The van der Waals surface area contributed by atoms with Crippen LogP contribution in [0.5, 0.6) is 5.75 Å². The van der Waals surface area contributed by atoms with Crippen molar-refractivity contribution in [1.29, 1.82) is 0 Å². The minimum atomic E-state index is -1.29. The first-order valence-corrected chi connectivity index (χ1v) is 11.0. The maximum Gasteiger partial charge on any atom is 0.347 e. The average molecular weight is 423 g/mol. The van der Waals surface area contributed by atoms with Gasteiger partial charge >= 0.3 is 5.97 Å². The highest BCUT2D eigenvalue weighted by molar-refractivity contribution is 5.76. The Labute approximate surface area is 182 Å². The summed E-state index contributed by atoms with van der Waals surface area (Å²) >= 11 is 0. The Kier molecular flexibility index (Phi) is 6.16. The fourth-order valence-corrected chi connectivity index (χ4v) is 4.15. The Balaban J connectivity index is 1.58. The van der Waals surface area contributed by atoms with E-state index in [4.69, 9.17) is 14.1 Å². The fraction of sp³-hybridized carbons (Fsp3) is 0.440. The number of oxazole rings is 1. The van der Waals surface area contributed by atoms with Crippen LogP contribution < -0.4 is 9.64 Å². The van der Waals surface area contributed by atoms with Crippen molar-refractivity contribution in [1.82, 2.24) is 4.98 Å². The lowest BCUT2D eigenvalue weighted by Crippen LogP contribution is -2.37. The molecule has 2 aromatic carbocycles.